The molecule has 0 N–H and O–H groups in total. The first-order valence-corrected chi connectivity index (χ1v) is 7.25. The molecule has 0 aromatic rings. The van der Waals surface area contributed by atoms with Crippen LogP contribution in [0.5, 0.6) is 0 Å². The van der Waals surface area contributed by atoms with Gasteiger partial charge in [-0.25, -0.2) is 0 Å². The van der Waals surface area contributed by atoms with Gasteiger partial charge < -0.3 is 18.9 Å². The average Bonchev–Trinajstić information content (AvgIpc) is 3.26. The molecular formula is C14H28O4. The van der Waals surface area contributed by atoms with Crippen LogP contribution in [0.3, 0.4) is 0 Å². The quantitative estimate of drug-likeness (QED) is 0.447. The number of hydrogen-bond acceptors (Lipinski definition) is 4. The molecule has 0 bridgehead atoms. The molecule has 2 saturated heterocycles. The fourth-order valence-electron chi connectivity index (χ4n) is 1.25. The smallest absolute Gasteiger partial charge is 0.104 e. The summed E-state index contributed by atoms with van der Waals surface area (Å²) in [5, 5.41) is 0. The van der Waals surface area contributed by atoms with Gasteiger partial charge in [0.2, 0.25) is 0 Å². The maximum absolute atomic E-state index is 5.27. The van der Waals surface area contributed by atoms with Crippen molar-refractivity contribution < 1.29 is 18.9 Å². The van der Waals surface area contributed by atoms with Gasteiger partial charge in [0.05, 0.1) is 26.4 Å². The summed E-state index contributed by atoms with van der Waals surface area (Å²) >= 11 is 0. The summed E-state index contributed by atoms with van der Waals surface area (Å²) in [5.74, 6) is 0. The Morgan fingerprint density at radius 3 is 1.50 bits per heavy atom. The van der Waals surface area contributed by atoms with Crippen LogP contribution < -0.4 is 0 Å². The minimum atomic E-state index is 0.432. The largest absolute Gasteiger partial charge is 0.379 e. The second-order valence-corrected chi connectivity index (χ2v) is 4.77. The highest BCUT2D eigenvalue weighted by molar-refractivity contribution is 4.67. The summed E-state index contributed by atoms with van der Waals surface area (Å²) in [7, 11) is 0. The molecule has 4 heteroatoms. The minimum Gasteiger partial charge on any atom is -0.379 e. The molecule has 0 amide bonds. The van der Waals surface area contributed by atoms with E-state index in [0.717, 1.165) is 39.6 Å². The van der Waals surface area contributed by atoms with Gasteiger partial charge in [0.25, 0.3) is 0 Å². The topological polar surface area (TPSA) is 43.5 Å². The lowest BCUT2D eigenvalue weighted by molar-refractivity contribution is 0.114. The Labute approximate surface area is 111 Å². The molecule has 2 atom stereocenters. The Morgan fingerprint density at radius 1 is 0.833 bits per heavy atom. The van der Waals surface area contributed by atoms with Gasteiger partial charge in [-0.15, -0.1) is 0 Å². The van der Waals surface area contributed by atoms with E-state index in [-0.39, 0.29) is 0 Å². The standard InChI is InChI=1S/2C7H14O2/c2*1-2-3-4-8-5-7-6-9-7/h2*7H,2-6H2,1H3. The molecule has 2 aliphatic rings. The van der Waals surface area contributed by atoms with Crippen molar-refractivity contribution in [1.29, 1.82) is 0 Å². The van der Waals surface area contributed by atoms with E-state index >= 15 is 0 Å². The third-order valence-corrected chi connectivity index (χ3v) is 2.70. The zero-order valence-electron chi connectivity index (χ0n) is 11.9. The Morgan fingerprint density at radius 2 is 1.22 bits per heavy atom. The Bertz CT molecular complexity index is 159. The fraction of sp³-hybridized carbons (Fsp3) is 1.00. The van der Waals surface area contributed by atoms with Crippen LogP contribution in [0.2, 0.25) is 0 Å². The second kappa shape index (κ2) is 10.7. The number of hydrogen-bond donors (Lipinski definition) is 0. The molecule has 0 radical (unpaired) electrons. The molecule has 4 nitrogen and oxygen atoms in total. The lowest BCUT2D eigenvalue weighted by Gasteiger charge is -1.97. The molecule has 18 heavy (non-hydrogen) atoms. The molecule has 0 aromatic carbocycles. The highest BCUT2D eigenvalue weighted by Crippen LogP contribution is 2.09. The van der Waals surface area contributed by atoms with Gasteiger partial charge in [0, 0.05) is 13.2 Å². The van der Waals surface area contributed by atoms with Gasteiger partial charge in [-0.2, -0.15) is 0 Å². The average molecular weight is 260 g/mol. The van der Waals surface area contributed by atoms with Crippen LogP contribution in [0, 0.1) is 0 Å². The van der Waals surface area contributed by atoms with Crippen molar-refractivity contribution in [3.8, 4) is 0 Å². The number of ether oxygens (including phenoxy) is 4. The van der Waals surface area contributed by atoms with Crippen molar-refractivity contribution in [2.75, 3.05) is 39.6 Å². The normalized spacial score (nSPS) is 24.3. The summed E-state index contributed by atoms with van der Waals surface area (Å²) < 4.78 is 20.5. The maximum Gasteiger partial charge on any atom is 0.104 e. The first-order chi connectivity index (χ1) is 8.86. The molecule has 108 valence electrons. The second-order valence-electron chi connectivity index (χ2n) is 4.77. The van der Waals surface area contributed by atoms with E-state index in [0.29, 0.717) is 12.2 Å². The number of unbranched alkanes of at least 4 members (excludes halogenated alkanes) is 2. The van der Waals surface area contributed by atoms with Gasteiger partial charge in [0.15, 0.2) is 0 Å². The highest BCUT2D eigenvalue weighted by Gasteiger charge is 2.22. The Kier molecular flexibility index (Phi) is 9.48. The molecule has 2 aliphatic heterocycles. The SMILES string of the molecule is CCCCOCC1CO1.CCCCOCC1CO1. The van der Waals surface area contributed by atoms with Gasteiger partial charge in [-0.3, -0.25) is 0 Å². The number of rotatable bonds is 10. The van der Waals surface area contributed by atoms with E-state index in [1.165, 1.54) is 25.7 Å². The van der Waals surface area contributed by atoms with Crippen LogP contribution >= 0.6 is 0 Å². The molecule has 2 rings (SSSR count). The summed E-state index contributed by atoms with van der Waals surface area (Å²) in [6.07, 6.45) is 5.64. The monoisotopic (exact) mass is 260 g/mol. The van der Waals surface area contributed by atoms with E-state index < -0.39 is 0 Å². The summed E-state index contributed by atoms with van der Waals surface area (Å²) in [5.41, 5.74) is 0. The highest BCUT2D eigenvalue weighted by atomic mass is 16.6. The van der Waals surface area contributed by atoms with Crippen molar-refractivity contribution in [2.45, 2.75) is 51.7 Å². The van der Waals surface area contributed by atoms with Crippen LogP contribution in [0.15, 0.2) is 0 Å². The van der Waals surface area contributed by atoms with Gasteiger partial charge in [-0.05, 0) is 12.8 Å². The van der Waals surface area contributed by atoms with E-state index in [9.17, 15) is 0 Å². The molecule has 0 aromatic heterocycles. The summed E-state index contributed by atoms with van der Waals surface area (Å²) in [6, 6.07) is 0. The van der Waals surface area contributed by atoms with Crippen LogP contribution in [0.1, 0.15) is 39.5 Å². The van der Waals surface area contributed by atoms with E-state index in [1.807, 2.05) is 0 Å². The zero-order chi connectivity index (χ0) is 13.1. The molecule has 2 heterocycles. The molecule has 0 saturated carbocycles. The lowest BCUT2D eigenvalue weighted by atomic mass is 10.4. The predicted octanol–water partition coefficient (Wildman–Crippen LogP) is 2.40. The van der Waals surface area contributed by atoms with Gasteiger partial charge in [0.1, 0.15) is 12.2 Å². The summed E-state index contributed by atoms with van der Waals surface area (Å²) in [4.78, 5) is 0. The van der Waals surface area contributed by atoms with Crippen molar-refractivity contribution in [3.05, 3.63) is 0 Å². The molecule has 0 spiro atoms. The Balaban J connectivity index is 0.000000180. The lowest BCUT2D eigenvalue weighted by Crippen LogP contribution is -2.01. The van der Waals surface area contributed by atoms with Crippen LogP contribution in [-0.2, 0) is 18.9 Å². The minimum absolute atomic E-state index is 0.432. The van der Waals surface area contributed by atoms with Gasteiger partial charge >= 0.3 is 0 Å². The van der Waals surface area contributed by atoms with Crippen LogP contribution in [0.25, 0.3) is 0 Å². The third kappa shape index (κ3) is 11.0. The van der Waals surface area contributed by atoms with Crippen molar-refractivity contribution >= 4 is 0 Å². The molecule has 2 unspecified atom stereocenters. The van der Waals surface area contributed by atoms with Gasteiger partial charge in [-0.1, -0.05) is 26.7 Å². The molecular weight excluding hydrogens is 232 g/mol. The number of epoxide rings is 2. The van der Waals surface area contributed by atoms with E-state index in [1.54, 1.807) is 0 Å². The van der Waals surface area contributed by atoms with Crippen molar-refractivity contribution in [3.63, 3.8) is 0 Å². The molecule has 2 fully saturated rings. The first-order valence-electron chi connectivity index (χ1n) is 7.25. The Hall–Kier alpha value is -0.160. The predicted molar refractivity (Wildman–Crippen MR) is 70.9 cm³/mol. The first kappa shape index (κ1) is 15.9. The van der Waals surface area contributed by atoms with E-state index in [2.05, 4.69) is 13.8 Å². The van der Waals surface area contributed by atoms with E-state index in [4.69, 9.17) is 18.9 Å². The van der Waals surface area contributed by atoms with Crippen molar-refractivity contribution in [2.24, 2.45) is 0 Å². The maximum atomic E-state index is 5.27. The van der Waals surface area contributed by atoms with Crippen LogP contribution in [0.4, 0.5) is 0 Å². The molecule has 0 aliphatic carbocycles. The fourth-order valence-corrected chi connectivity index (χ4v) is 1.25. The zero-order valence-corrected chi connectivity index (χ0v) is 11.9. The van der Waals surface area contributed by atoms with Crippen molar-refractivity contribution in [1.82, 2.24) is 0 Å². The third-order valence-electron chi connectivity index (χ3n) is 2.70. The summed E-state index contributed by atoms with van der Waals surface area (Å²) in [6.45, 7) is 9.55. The van der Waals surface area contributed by atoms with Crippen LogP contribution in [-0.4, -0.2) is 51.8 Å².